The number of hydrogen-bond donors (Lipinski definition) is 2. The summed E-state index contributed by atoms with van der Waals surface area (Å²) in [6, 6.07) is 8.83. The molecule has 1 atom stereocenters. The van der Waals surface area contributed by atoms with Crippen LogP contribution in [0.3, 0.4) is 0 Å². The molecular formula is C10H12N2O2. The Bertz CT molecular complexity index is 311. The lowest BCUT2D eigenvalue weighted by Gasteiger charge is -2.12. The molecule has 0 radical (unpaired) electrons. The molecule has 0 spiro atoms. The van der Waals surface area contributed by atoms with E-state index in [-0.39, 0.29) is 12.1 Å². The van der Waals surface area contributed by atoms with E-state index < -0.39 is 0 Å². The monoisotopic (exact) mass is 192 g/mol. The van der Waals surface area contributed by atoms with Gasteiger partial charge in [0.05, 0.1) is 6.17 Å². The fraction of sp³-hybridized carbons (Fsp3) is 0.200. The number of carbonyl (C=O) groups is 2. The van der Waals surface area contributed by atoms with E-state index in [1.54, 1.807) is 31.2 Å². The van der Waals surface area contributed by atoms with Crippen molar-refractivity contribution < 1.29 is 9.59 Å². The smallest absolute Gasteiger partial charge is 0.252 e. The van der Waals surface area contributed by atoms with Crippen molar-refractivity contribution in [1.29, 1.82) is 0 Å². The highest BCUT2D eigenvalue weighted by Crippen LogP contribution is 1.97. The van der Waals surface area contributed by atoms with E-state index in [4.69, 9.17) is 0 Å². The maximum absolute atomic E-state index is 11.5. The average Bonchev–Trinajstić information content (AvgIpc) is 2.19. The molecule has 0 aromatic heterocycles. The quantitative estimate of drug-likeness (QED) is 0.539. The van der Waals surface area contributed by atoms with Crippen LogP contribution in [0.15, 0.2) is 30.3 Å². The lowest BCUT2D eigenvalue weighted by atomic mass is 10.2. The average molecular weight is 192 g/mol. The summed E-state index contributed by atoms with van der Waals surface area (Å²) in [5, 5.41) is 5.05. The normalized spacial score (nSPS) is 11.5. The summed E-state index contributed by atoms with van der Waals surface area (Å²) in [6.45, 7) is 1.69. The molecule has 74 valence electrons. The number of hydrogen-bond acceptors (Lipinski definition) is 2. The summed E-state index contributed by atoms with van der Waals surface area (Å²) in [5.74, 6) is -0.201. The van der Waals surface area contributed by atoms with E-state index in [1.807, 2.05) is 6.07 Å². The van der Waals surface area contributed by atoms with Gasteiger partial charge >= 0.3 is 0 Å². The second-order valence-corrected chi connectivity index (χ2v) is 2.85. The molecule has 0 fully saturated rings. The lowest BCUT2D eigenvalue weighted by Crippen LogP contribution is -2.42. The zero-order valence-electron chi connectivity index (χ0n) is 7.86. The first-order chi connectivity index (χ1) is 6.74. The summed E-state index contributed by atoms with van der Waals surface area (Å²) < 4.78 is 0. The standard InChI is InChI=1S/C10H12N2O2/c1-8(11-7-13)12-10(14)9-5-3-2-4-6-9/h2-8H,1H3,(H,11,13)(H,12,14)/t8-/m0/s1. The summed E-state index contributed by atoms with van der Waals surface area (Å²) >= 11 is 0. The zero-order chi connectivity index (χ0) is 10.4. The van der Waals surface area contributed by atoms with Crippen molar-refractivity contribution in [2.75, 3.05) is 0 Å². The molecule has 0 aliphatic heterocycles. The van der Waals surface area contributed by atoms with E-state index >= 15 is 0 Å². The summed E-state index contributed by atoms with van der Waals surface area (Å²) in [7, 11) is 0. The van der Waals surface area contributed by atoms with Gasteiger partial charge in [0.2, 0.25) is 6.41 Å². The Balaban J connectivity index is 2.55. The first-order valence-corrected chi connectivity index (χ1v) is 4.29. The third-order valence-corrected chi connectivity index (χ3v) is 1.70. The van der Waals surface area contributed by atoms with E-state index in [1.165, 1.54) is 0 Å². The molecule has 1 rings (SSSR count). The van der Waals surface area contributed by atoms with Crippen LogP contribution in [0, 0.1) is 0 Å². The second kappa shape index (κ2) is 5.01. The van der Waals surface area contributed by atoms with Crippen LogP contribution in [0.2, 0.25) is 0 Å². The first-order valence-electron chi connectivity index (χ1n) is 4.29. The molecule has 4 heteroatoms. The number of amides is 2. The molecule has 4 nitrogen and oxygen atoms in total. The van der Waals surface area contributed by atoms with E-state index in [2.05, 4.69) is 10.6 Å². The fourth-order valence-electron chi connectivity index (χ4n) is 1.01. The van der Waals surface area contributed by atoms with Crippen molar-refractivity contribution in [3.05, 3.63) is 35.9 Å². The Morgan fingerprint density at radius 2 is 2.00 bits per heavy atom. The molecule has 0 heterocycles. The van der Waals surface area contributed by atoms with Crippen LogP contribution in [0.4, 0.5) is 0 Å². The number of nitrogens with one attached hydrogen (secondary N) is 2. The lowest BCUT2D eigenvalue weighted by molar-refractivity contribution is -0.110. The summed E-state index contributed by atoms with van der Waals surface area (Å²) in [6.07, 6.45) is 0.191. The van der Waals surface area contributed by atoms with Gasteiger partial charge in [0.1, 0.15) is 0 Å². The minimum absolute atomic E-state index is 0.201. The Labute approximate surface area is 82.3 Å². The molecule has 1 aromatic carbocycles. The number of benzene rings is 1. The van der Waals surface area contributed by atoms with E-state index in [0.717, 1.165) is 0 Å². The molecule has 2 N–H and O–H groups in total. The molecule has 0 aliphatic carbocycles. The van der Waals surface area contributed by atoms with Gasteiger partial charge in [-0.1, -0.05) is 18.2 Å². The van der Waals surface area contributed by atoms with Crippen LogP contribution < -0.4 is 10.6 Å². The predicted octanol–water partition coefficient (Wildman–Crippen LogP) is 0.508. The van der Waals surface area contributed by atoms with Gasteiger partial charge in [0.15, 0.2) is 0 Å². The highest BCUT2D eigenvalue weighted by atomic mass is 16.2. The SMILES string of the molecule is C[C@@H](NC=O)NC(=O)c1ccccc1. The summed E-state index contributed by atoms with van der Waals surface area (Å²) in [5.41, 5.74) is 0.576. The Hall–Kier alpha value is -1.84. The van der Waals surface area contributed by atoms with Crippen molar-refractivity contribution in [2.24, 2.45) is 0 Å². The second-order valence-electron chi connectivity index (χ2n) is 2.85. The van der Waals surface area contributed by atoms with Crippen molar-refractivity contribution in [2.45, 2.75) is 13.1 Å². The molecular weight excluding hydrogens is 180 g/mol. The Kier molecular flexibility index (Phi) is 3.67. The largest absolute Gasteiger partial charge is 0.339 e. The molecule has 0 unspecified atom stereocenters. The van der Waals surface area contributed by atoms with Gasteiger partial charge in [-0.25, -0.2) is 0 Å². The number of carbonyl (C=O) groups excluding carboxylic acids is 2. The van der Waals surface area contributed by atoms with Crippen molar-refractivity contribution in [3.8, 4) is 0 Å². The minimum atomic E-state index is -0.361. The van der Waals surface area contributed by atoms with Crippen LogP contribution in [0.1, 0.15) is 17.3 Å². The Morgan fingerprint density at radius 3 is 2.57 bits per heavy atom. The highest BCUT2D eigenvalue weighted by Gasteiger charge is 2.06. The van der Waals surface area contributed by atoms with Gasteiger partial charge in [-0.2, -0.15) is 0 Å². The van der Waals surface area contributed by atoms with Gasteiger partial charge < -0.3 is 10.6 Å². The van der Waals surface area contributed by atoms with E-state index in [9.17, 15) is 9.59 Å². The predicted molar refractivity (Wildman–Crippen MR) is 52.6 cm³/mol. The Morgan fingerprint density at radius 1 is 1.36 bits per heavy atom. The third kappa shape index (κ3) is 2.90. The molecule has 0 saturated carbocycles. The van der Waals surface area contributed by atoms with Gasteiger partial charge in [0, 0.05) is 5.56 Å². The topological polar surface area (TPSA) is 58.2 Å². The van der Waals surface area contributed by atoms with Crippen molar-refractivity contribution in [3.63, 3.8) is 0 Å². The molecule has 0 bridgehead atoms. The van der Waals surface area contributed by atoms with Crippen LogP contribution >= 0.6 is 0 Å². The molecule has 1 aromatic rings. The first kappa shape index (κ1) is 10.2. The fourth-order valence-corrected chi connectivity index (χ4v) is 1.01. The van der Waals surface area contributed by atoms with Crippen molar-refractivity contribution in [1.82, 2.24) is 10.6 Å². The maximum atomic E-state index is 11.5. The molecule has 0 saturated heterocycles. The summed E-state index contributed by atoms with van der Waals surface area (Å²) in [4.78, 5) is 21.5. The van der Waals surface area contributed by atoms with Crippen LogP contribution in [-0.2, 0) is 4.79 Å². The third-order valence-electron chi connectivity index (χ3n) is 1.70. The maximum Gasteiger partial charge on any atom is 0.252 e. The van der Waals surface area contributed by atoms with Gasteiger partial charge in [0.25, 0.3) is 5.91 Å². The zero-order valence-corrected chi connectivity index (χ0v) is 7.86. The molecule has 0 aliphatic rings. The molecule has 2 amide bonds. The van der Waals surface area contributed by atoms with Crippen LogP contribution in [0.25, 0.3) is 0 Å². The van der Waals surface area contributed by atoms with Gasteiger partial charge in [-0.15, -0.1) is 0 Å². The van der Waals surface area contributed by atoms with Gasteiger partial charge in [-0.3, -0.25) is 9.59 Å². The van der Waals surface area contributed by atoms with Gasteiger partial charge in [-0.05, 0) is 19.1 Å². The molecule has 14 heavy (non-hydrogen) atoms. The van der Waals surface area contributed by atoms with E-state index in [0.29, 0.717) is 12.0 Å². The van der Waals surface area contributed by atoms with Crippen LogP contribution in [-0.4, -0.2) is 18.5 Å². The highest BCUT2D eigenvalue weighted by molar-refractivity contribution is 5.94. The number of rotatable bonds is 4. The van der Waals surface area contributed by atoms with Crippen molar-refractivity contribution >= 4 is 12.3 Å². The van der Waals surface area contributed by atoms with Crippen LogP contribution in [0.5, 0.6) is 0 Å². The minimum Gasteiger partial charge on any atom is -0.339 e.